The van der Waals surface area contributed by atoms with Crippen LogP contribution in [0.15, 0.2) is 43.5 Å². The topological polar surface area (TPSA) is 68.2 Å². The number of halogens is 3. The van der Waals surface area contributed by atoms with Crippen LogP contribution in [0.25, 0.3) is 0 Å². The summed E-state index contributed by atoms with van der Waals surface area (Å²) in [6.07, 6.45) is 2.15. The summed E-state index contributed by atoms with van der Waals surface area (Å²) in [6, 6.07) is 2.06. The third kappa shape index (κ3) is 4.42. The molecule has 3 heterocycles. The highest BCUT2D eigenvalue weighted by molar-refractivity contribution is 5.87. The van der Waals surface area contributed by atoms with E-state index in [1.54, 1.807) is 11.1 Å². The van der Waals surface area contributed by atoms with Crippen molar-refractivity contribution in [2.24, 2.45) is 0 Å². The fourth-order valence-electron chi connectivity index (χ4n) is 2.95. The second kappa shape index (κ2) is 7.73. The van der Waals surface area contributed by atoms with Gasteiger partial charge in [0.25, 0.3) is 0 Å². The minimum Gasteiger partial charge on any atom is -0.437 e. The highest BCUT2D eigenvalue weighted by Gasteiger charge is 2.32. The summed E-state index contributed by atoms with van der Waals surface area (Å²) in [5, 5.41) is 0. The van der Waals surface area contributed by atoms with Gasteiger partial charge in [-0.2, -0.15) is 13.2 Å². The Kier molecular flexibility index (Phi) is 5.38. The maximum Gasteiger partial charge on any atom is 0.433 e. The molecule has 1 saturated heterocycles. The number of amides is 1. The van der Waals surface area contributed by atoms with Crippen molar-refractivity contribution in [1.82, 2.24) is 19.9 Å². The van der Waals surface area contributed by atoms with Gasteiger partial charge in [-0.25, -0.2) is 15.0 Å². The van der Waals surface area contributed by atoms with E-state index in [0.29, 0.717) is 25.9 Å². The van der Waals surface area contributed by atoms with Crippen molar-refractivity contribution in [3.63, 3.8) is 0 Å². The van der Waals surface area contributed by atoms with Gasteiger partial charge >= 0.3 is 6.18 Å². The molecule has 0 N–H and O–H groups in total. The van der Waals surface area contributed by atoms with Crippen LogP contribution in [0.1, 0.15) is 30.0 Å². The number of alkyl halides is 3. The summed E-state index contributed by atoms with van der Waals surface area (Å²) in [6.45, 7) is 4.64. The average molecular weight is 378 g/mol. The molecular weight excluding hydrogens is 361 g/mol. The summed E-state index contributed by atoms with van der Waals surface area (Å²) in [4.78, 5) is 24.9. The van der Waals surface area contributed by atoms with Crippen LogP contribution in [-0.2, 0) is 11.0 Å². The predicted octanol–water partition coefficient (Wildman–Crippen LogP) is 3.57. The molecule has 0 atom stereocenters. The number of ether oxygens (including phenoxy) is 1. The lowest BCUT2D eigenvalue weighted by Crippen LogP contribution is -2.36. The summed E-state index contributed by atoms with van der Waals surface area (Å²) in [5.74, 6) is 0.407. The van der Waals surface area contributed by atoms with E-state index >= 15 is 0 Å². The number of carbonyl (C=O) groups excluding carboxylic acids is 1. The molecule has 0 bridgehead atoms. The molecular formula is C18H17F3N4O2. The van der Waals surface area contributed by atoms with Gasteiger partial charge in [0.2, 0.25) is 11.8 Å². The third-order valence-electron chi connectivity index (χ3n) is 4.36. The van der Waals surface area contributed by atoms with Crippen molar-refractivity contribution in [3.8, 4) is 11.6 Å². The smallest absolute Gasteiger partial charge is 0.433 e. The number of aromatic nitrogens is 3. The molecule has 1 aliphatic heterocycles. The zero-order valence-corrected chi connectivity index (χ0v) is 14.3. The molecule has 0 aromatic carbocycles. The van der Waals surface area contributed by atoms with E-state index in [4.69, 9.17) is 4.74 Å². The third-order valence-corrected chi connectivity index (χ3v) is 4.36. The van der Waals surface area contributed by atoms with Crippen molar-refractivity contribution < 1.29 is 22.7 Å². The van der Waals surface area contributed by atoms with Crippen molar-refractivity contribution in [2.45, 2.75) is 24.9 Å². The SMILES string of the molecule is C=CC(=O)N1CCC(c2cncnc2Oc2ccc(C(F)(F)F)nc2)CC1. The first kappa shape index (κ1) is 18.8. The molecule has 1 amide bonds. The van der Waals surface area contributed by atoms with Crippen molar-refractivity contribution in [2.75, 3.05) is 13.1 Å². The summed E-state index contributed by atoms with van der Waals surface area (Å²) >= 11 is 0. The maximum absolute atomic E-state index is 12.6. The molecule has 27 heavy (non-hydrogen) atoms. The van der Waals surface area contributed by atoms with Crippen LogP contribution in [-0.4, -0.2) is 38.8 Å². The molecule has 6 nitrogen and oxygen atoms in total. The number of hydrogen-bond acceptors (Lipinski definition) is 5. The Bertz CT molecular complexity index is 816. The van der Waals surface area contributed by atoms with Gasteiger partial charge in [0.1, 0.15) is 17.8 Å². The van der Waals surface area contributed by atoms with Gasteiger partial charge in [-0.1, -0.05) is 6.58 Å². The zero-order valence-electron chi connectivity index (χ0n) is 14.3. The highest BCUT2D eigenvalue weighted by atomic mass is 19.4. The van der Waals surface area contributed by atoms with Crippen LogP contribution in [0.3, 0.4) is 0 Å². The lowest BCUT2D eigenvalue weighted by molar-refractivity contribution is -0.141. The molecule has 1 fully saturated rings. The number of pyridine rings is 1. The summed E-state index contributed by atoms with van der Waals surface area (Å²) < 4.78 is 43.5. The van der Waals surface area contributed by atoms with E-state index in [2.05, 4.69) is 21.5 Å². The van der Waals surface area contributed by atoms with Crippen molar-refractivity contribution in [1.29, 1.82) is 0 Å². The Morgan fingerprint density at radius 3 is 2.56 bits per heavy atom. The number of likely N-dealkylation sites (tertiary alicyclic amines) is 1. The van der Waals surface area contributed by atoms with E-state index in [1.165, 1.54) is 18.5 Å². The number of hydrogen-bond donors (Lipinski definition) is 0. The van der Waals surface area contributed by atoms with Crippen LogP contribution in [0.5, 0.6) is 11.6 Å². The van der Waals surface area contributed by atoms with Gasteiger partial charge in [-0.15, -0.1) is 0 Å². The van der Waals surface area contributed by atoms with E-state index in [1.807, 2.05) is 0 Å². The zero-order chi connectivity index (χ0) is 19.4. The first-order valence-corrected chi connectivity index (χ1v) is 8.31. The number of carbonyl (C=O) groups is 1. The van der Waals surface area contributed by atoms with E-state index in [-0.39, 0.29) is 23.5 Å². The van der Waals surface area contributed by atoms with E-state index < -0.39 is 11.9 Å². The van der Waals surface area contributed by atoms with Crippen LogP contribution >= 0.6 is 0 Å². The number of rotatable bonds is 4. The molecule has 3 rings (SSSR count). The monoisotopic (exact) mass is 378 g/mol. The molecule has 0 aliphatic carbocycles. The molecule has 2 aromatic heterocycles. The Hall–Kier alpha value is -2.97. The molecule has 0 saturated carbocycles. The van der Waals surface area contributed by atoms with Crippen molar-refractivity contribution >= 4 is 5.91 Å². The van der Waals surface area contributed by atoms with Crippen molar-refractivity contribution in [3.05, 3.63) is 54.8 Å². The Morgan fingerprint density at radius 1 is 1.22 bits per heavy atom. The second-order valence-corrected chi connectivity index (χ2v) is 6.07. The normalized spacial score (nSPS) is 15.4. The predicted molar refractivity (Wildman–Crippen MR) is 90.1 cm³/mol. The van der Waals surface area contributed by atoms with Gasteiger partial charge in [-0.3, -0.25) is 4.79 Å². The van der Waals surface area contributed by atoms with E-state index in [0.717, 1.165) is 17.8 Å². The van der Waals surface area contributed by atoms with Gasteiger partial charge in [0.15, 0.2) is 0 Å². The number of piperidine rings is 1. The molecule has 0 spiro atoms. The Morgan fingerprint density at radius 2 is 1.96 bits per heavy atom. The van der Waals surface area contributed by atoms with Gasteiger partial charge in [-0.05, 0) is 37.0 Å². The van der Waals surface area contributed by atoms with Crippen LogP contribution in [0, 0.1) is 0 Å². The summed E-state index contributed by atoms with van der Waals surface area (Å²) in [5.41, 5.74) is -0.236. The Balaban J connectivity index is 1.73. The van der Waals surface area contributed by atoms with Gasteiger partial charge in [0.05, 0.1) is 6.20 Å². The standard InChI is InChI=1S/C18H17F3N4O2/c1-2-16(26)25-7-5-12(6-8-25)14-10-22-11-24-17(14)27-13-3-4-15(23-9-13)18(19,20)21/h2-4,9-12H,1,5-8H2. The van der Waals surface area contributed by atoms with Gasteiger partial charge in [0, 0.05) is 24.8 Å². The fraction of sp³-hybridized carbons (Fsp3) is 0.333. The minimum absolute atomic E-state index is 0.0810. The highest BCUT2D eigenvalue weighted by Crippen LogP contribution is 2.35. The number of nitrogens with zero attached hydrogens (tertiary/aromatic N) is 4. The molecule has 142 valence electrons. The van der Waals surface area contributed by atoms with Crippen LogP contribution in [0.2, 0.25) is 0 Å². The van der Waals surface area contributed by atoms with Crippen LogP contribution in [0.4, 0.5) is 13.2 Å². The van der Waals surface area contributed by atoms with Gasteiger partial charge < -0.3 is 9.64 Å². The Labute approximate surface area is 153 Å². The lowest BCUT2D eigenvalue weighted by Gasteiger charge is -2.31. The minimum atomic E-state index is -4.50. The van der Waals surface area contributed by atoms with E-state index in [9.17, 15) is 18.0 Å². The van der Waals surface area contributed by atoms with Crippen LogP contribution < -0.4 is 4.74 Å². The lowest BCUT2D eigenvalue weighted by atomic mass is 9.91. The average Bonchev–Trinajstić information content (AvgIpc) is 2.68. The molecule has 1 aliphatic rings. The first-order chi connectivity index (χ1) is 12.9. The molecule has 0 radical (unpaired) electrons. The second-order valence-electron chi connectivity index (χ2n) is 6.07. The summed E-state index contributed by atoms with van der Waals surface area (Å²) in [7, 11) is 0. The molecule has 0 unspecified atom stereocenters. The molecule has 2 aromatic rings. The largest absolute Gasteiger partial charge is 0.437 e. The molecule has 9 heteroatoms. The quantitative estimate of drug-likeness (QED) is 0.761. The maximum atomic E-state index is 12.6. The first-order valence-electron chi connectivity index (χ1n) is 8.31. The fourth-order valence-corrected chi connectivity index (χ4v) is 2.95.